The van der Waals surface area contributed by atoms with E-state index in [0.717, 1.165) is 18.2 Å². The van der Waals surface area contributed by atoms with Gasteiger partial charge in [-0.1, -0.05) is 12.1 Å². The van der Waals surface area contributed by atoms with Crippen molar-refractivity contribution in [1.82, 2.24) is 0 Å². The lowest BCUT2D eigenvalue weighted by Crippen LogP contribution is -2.16. The van der Waals surface area contributed by atoms with E-state index in [2.05, 4.69) is 20.7 Å². The fourth-order valence-electron chi connectivity index (χ4n) is 1.70. The first-order valence-corrected chi connectivity index (χ1v) is 8.02. The van der Waals surface area contributed by atoms with Crippen molar-refractivity contribution in [2.45, 2.75) is 11.8 Å². The van der Waals surface area contributed by atoms with Gasteiger partial charge in [0.05, 0.1) is 11.4 Å². The van der Waals surface area contributed by atoms with Gasteiger partial charge < -0.3 is 5.73 Å². The monoisotopic (exact) mass is 376 g/mol. The molecule has 0 saturated heterocycles. The van der Waals surface area contributed by atoms with Crippen molar-refractivity contribution in [3.05, 3.63) is 52.0 Å². The first-order chi connectivity index (χ1) is 9.72. The van der Waals surface area contributed by atoms with Crippen LogP contribution in [-0.2, 0) is 10.0 Å². The van der Waals surface area contributed by atoms with Crippen molar-refractivity contribution >= 4 is 37.3 Å². The standard InChI is InChI=1S/C13H11BrF2N2O2S/c1-7-3-2-4-9(15)13(7)18-21(19,20)12-6-11(17)10(16)5-8(12)14/h2-6,18H,17H2,1H3. The number of benzene rings is 2. The molecule has 0 bridgehead atoms. The molecule has 0 fully saturated rings. The lowest BCUT2D eigenvalue weighted by molar-refractivity contribution is 0.596. The minimum Gasteiger partial charge on any atom is -0.396 e. The zero-order chi connectivity index (χ0) is 15.8. The predicted molar refractivity (Wildman–Crippen MR) is 80.5 cm³/mol. The summed E-state index contributed by atoms with van der Waals surface area (Å²) in [4.78, 5) is -0.274. The van der Waals surface area contributed by atoms with E-state index in [9.17, 15) is 17.2 Å². The van der Waals surface area contributed by atoms with Gasteiger partial charge in [-0.15, -0.1) is 0 Å². The maximum atomic E-state index is 13.7. The van der Waals surface area contributed by atoms with Crippen molar-refractivity contribution < 1.29 is 17.2 Å². The third-order valence-electron chi connectivity index (χ3n) is 2.80. The molecule has 4 nitrogen and oxygen atoms in total. The molecule has 0 saturated carbocycles. The van der Waals surface area contributed by atoms with Crippen LogP contribution in [-0.4, -0.2) is 8.42 Å². The Kier molecular flexibility index (Phi) is 4.20. The number of hydrogen-bond donors (Lipinski definition) is 2. The predicted octanol–water partition coefficient (Wildman–Crippen LogP) is 3.42. The van der Waals surface area contributed by atoms with Crippen LogP contribution in [0.1, 0.15) is 5.56 Å². The number of halogens is 3. The molecular formula is C13H11BrF2N2O2S. The minimum atomic E-state index is -4.11. The Morgan fingerprint density at radius 3 is 2.48 bits per heavy atom. The van der Waals surface area contributed by atoms with E-state index in [-0.39, 0.29) is 20.7 Å². The number of para-hydroxylation sites is 1. The molecule has 0 unspecified atom stereocenters. The zero-order valence-corrected chi connectivity index (χ0v) is 13.2. The van der Waals surface area contributed by atoms with E-state index in [1.165, 1.54) is 6.07 Å². The Hall–Kier alpha value is -1.67. The quantitative estimate of drug-likeness (QED) is 0.806. The van der Waals surface area contributed by atoms with E-state index < -0.39 is 21.7 Å². The topological polar surface area (TPSA) is 72.2 Å². The maximum Gasteiger partial charge on any atom is 0.263 e. The maximum absolute atomic E-state index is 13.7. The lowest BCUT2D eigenvalue weighted by atomic mass is 10.2. The van der Waals surface area contributed by atoms with E-state index in [1.54, 1.807) is 13.0 Å². The van der Waals surface area contributed by atoms with Crippen LogP contribution in [0, 0.1) is 18.6 Å². The second-order valence-electron chi connectivity index (χ2n) is 4.34. The second kappa shape index (κ2) is 5.61. The van der Waals surface area contributed by atoms with Gasteiger partial charge in [0.2, 0.25) is 0 Å². The van der Waals surface area contributed by atoms with Crippen molar-refractivity contribution in [2.75, 3.05) is 10.5 Å². The van der Waals surface area contributed by atoms with Crippen molar-refractivity contribution in [2.24, 2.45) is 0 Å². The molecule has 0 aliphatic carbocycles. The molecule has 2 aromatic carbocycles. The van der Waals surface area contributed by atoms with Crippen LogP contribution in [0.5, 0.6) is 0 Å². The first-order valence-electron chi connectivity index (χ1n) is 5.75. The molecule has 112 valence electrons. The van der Waals surface area contributed by atoms with Crippen LogP contribution in [0.25, 0.3) is 0 Å². The number of anilines is 2. The molecule has 2 aromatic rings. The molecule has 3 N–H and O–H groups in total. The Bertz CT molecular complexity index is 790. The summed E-state index contributed by atoms with van der Waals surface area (Å²) in [5, 5.41) is 0. The van der Waals surface area contributed by atoms with Crippen LogP contribution in [0.3, 0.4) is 0 Å². The van der Waals surface area contributed by atoms with Crippen molar-refractivity contribution in [1.29, 1.82) is 0 Å². The van der Waals surface area contributed by atoms with Gasteiger partial charge in [0, 0.05) is 4.47 Å². The highest BCUT2D eigenvalue weighted by molar-refractivity contribution is 9.10. The minimum absolute atomic E-state index is 0.00399. The first kappa shape index (κ1) is 15.7. The molecule has 2 rings (SSSR count). The Balaban J connectivity index is 2.51. The van der Waals surface area contributed by atoms with Gasteiger partial charge in [-0.25, -0.2) is 17.2 Å². The van der Waals surface area contributed by atoms with Crippen LogP contribution in [0.4, 0.5) is 20.2 Å². The van der Waals surface area contributed by atoms with Gasteiger partial charge in [-0.05, 0) is 46.6 Å². The highest BCUT2D eigenvalue weighted by Crippen LogP contribution is 2.29. The molecular weight excluding hydrogens is 366 g/mol. The molecule has 0 spiro atoms. The summed E-state index contributed by atoms with van der Waals surface area (Å²) in [6, 6.07) is 6.08. The highest BCUT2D eigenvalue weighted by Gasteiger charge is 2.22. The summed E-state index contributed by atoms with van der Waals surface area (Å²) >= 11 is 2.96. The summed E-state index contributed by atoms with van der Waals surface area (Å²) < 4.78 is 53.7. The smallest absolute Gasteiger partial charge is 0.263 e. The van der Waals surface area contributed by atoms with Crippen molar-refractivity contribution in [3.63, 3.8) is 0 Å². The van der Waals surface area contributed by atoms with E-state index in [0.29, 0.717) is 5.56 Å². The average Bonchev–Trinajstić information content (AvgIpc) is 2.38. The van der Waals surface area contributed by atoms with Crippen LogP contribution in [0.15, 0.2) is 39.7 Å². The van der Waals surface area contributed by atoms with E-state index in [4.69, 9.17) is 5.73 Å². The summed E-state index contributed by atoms with van der Waals surface area (Å²) in [5.41, 5.74) is 5.32. The van der Waals surface area contributed by atoms with Crippen LogP contribution >= 0.6 is 15.9 Å². The number of nitrogen functional groups attached to an aromatic ring is 1. The van der Waals surface area contributed by atoms with Gasteiger partial charge in [-0.2, -0.15) is 0 Å². The Morgan fingerprint density at radius 2 is 1.86 bits per heavy atom. The summed E-state index contributed by atoms with van der Waals surface area (Å²) in [6.45, 7) is 1.56. The van der Waals surface area contributed by atoms with E-state index >= 15 is 0 Å². The number of nitrogens with one attached hydrogen (secondary N) is 1. The molecule has 0 aliphatic heterocycles. The lowest BCUT2D eigenvalue weighted by Gasteiger charge is -2.13. The highest BCUT2D eigenvalue weighted by atomic mass is 79.9. The summed E-state index contributed by atoms with van der Waals surface area (Å²) in [5.74, 6) is -1.45. The summed E-state index contributed by atoms with van der Waals surface area (Å²) in [6.07, 6.45) is 0. The van der Waals surface area contributed by atoms with E-state index in [1.807, 2.05) is 0 Å². The average molecular weight is 377 g/mol. The molecule has 0 heterocycles. The third kappa shape index (κ3) is 3.16. The van der Waals surface area contributed by atoms with Crippen LogP contribution in [0.2, 0.25) is 0 Å². The van der Waals surface area contributed by atoms with Gasteiger partial charge >= 0.3 is 0 Å². The fourth-order valence-corrected chi connectivity index (χ4v) is 3.89. The summed E-state index contributed by atoms with van der Waals surface area (Å²) in [7, 11) is -4.11. The van der Waals surface area contributed by atoms with Gasteiger partial charge in [0.15, 0.2) is 0 Å². The van der Waals surface area contributed by atoms with Gasteiger partial charge in [-0.3, -0.25) is 4.72 Å². The van der Waals surface area contributed by atoms with Gasteiger partial charge in [0.1, 0.15) is 16.5 Å². The number of nitrogens with two attached hydrogens (primary N) is 1. The SMILES string of the molecule is Cc1cccc(F)c1NS(=O)(=O)c1cc(N)c(F)cc1Br. The molecule has 0 atom stereocenters. The van der Waals surface area contributed by atoms with Crippen molar-refractivity contribution in [3.8, 4) is 0 Å². The normalized spacial score (nSPS) is 11.4. The molecule has 0 aliphatic rings. The molecule has 8 heteroatoms. The fraction of sp³-hybridized carbons (Fsp3) is 0.0769. The third-order valence-corrected chi connectivity index (χ3v) is 5.11. The molecule has 0 aromatic heterocycles. The molecule has 0 amide bonds. The largest absolute Gasteiger partial charge is 0.396 e. The number of sulfonamides is 1. The number of aryl methyl sites for hydroxylation is 1. The number of hydrogen-bond acceptors (Lipinski definition) is 3. The van der Waals surface area contributed by atoms with Crippen LogP contribution < -0.4 is 10.5 Å². The Labute approximate surface area is 129 Å². The number of rotatable bonds is 3. The molecule has 0 radical (unpaired) electrons. The zero-order valence-electron chi connectivity index (χ0n) is 10.8. The molecule has 21 heavy (non-hydrogen) atoms. The second-order valence-corrected chi connectivity index (χ2v) is 6.85. The van der Waals surface area contributed by atoms with Gasteiger partial charge in [0.25, 0.3) is 10.0 Å². The Morgan fingerprint density at radius 1 is 1.19 bits per heavy atom.